The first-order chi connectivity index (χ1) is 8.56. The summed E-state index contributed by atoms with van der Waals surface area (Å²) < 4.78 is 4.68. The van der Waals surface area contributed by atoms with E-state index in [4.69, 9.17) is 10.4 Å². The minimum Gasteiger partial charge on any atom is -0.462 e. The molecule has 0 fully saturated rings. The molecule has 18 heavy (non-hydrogen) atoms. The molecule has 0 amide bonds. The number of nitro benzene ring substituents is 1. The van der Waals surface area contributed by atoms with Crippen LogP contribution < -0.4 is 0 Å². The number of rotatable bonds is 4. The van der Waals surface area contributed by atoms with Crippen molar-refractivity contribution in [2.45, 2.75) is 13.5 Å². The Bertz CT molecular complexity index is 533. The van der Waals surface area contributed by atoms with Crippen LogP contribution in [0.15, 0.2) is 12.1 Å². The molecule has 0 aliphatic rings. The van der Waals surface area contributed by atoms with Gasteiger partial charge in [-0.2, -0.15) is 5.26 Å². The van der Waals surface area contributed by atoms with Crippen LogP contribution >= 0.6 is 0 Å². The Morgan fingerprint density at radius 1 is 1.61 bits per heavy atom. The summed E-state index contributed by atoms with van der Waals surface area (Å²) >= 11 is 0. The van der Waals surface area contributed by atoms with Gasteiger partial charge in [0.25, 0.3) is 0 Å². The molecule has 0 atom stereocenters. The van der Waals surface area contributed by atoms with E-state index in [0.717, 1.165) is 0 Å². The van der Waals surface area contributed by atoms with Crippen LogP contribution in [0.3, 0.4) is 0 Å². The third-order valence-electron chi connectivity index (χ3n) is 2.22. The largest absolute Gasteiger partial charge is 0.462 e. The summed E-state index contributed by atoms with van der Waals surface area (Å²) in [5, 5.41) is 28.8. The van der Waals surface area contributed by atoms with Crippen LogP contribution in [0.2, 0.25) is 0 Å². The van der Waals surface area contributed by atoms with Crippen molar-refractivity contribution in [2.75, 3.05) is 6.61 Å². The van der Waals surface area contributed by atoms with Crippen LogP contribution in [0.5, 0.6) is 0 Å². The number of nitrogens with zero attached hydrogens (tertiary/aromatic N) is 2. The molecule has 0 aliphatic carbocycles. The summed E-state index contributed by atoms with van der Waals surface area (Å²) in [6.45, 7) is 1.11. The maximum Gasteiger partial charge on any atom is 0.345 e. The summed E-state index contributed by atoms with van der Waals surface area (Å²) in [6, 6.07) is 4.08. The van der Waals surface area contributed by atoms with Gasteiger partial charge in [0.1, 0.15) is 17.2 Å². The lowest BCUT2D eigenvalue weighted by atomic mass is 10.0. The molecule has 0 radical (unpaired) electrons. The molecule has 94 valence electrons. The standard InChI is InChI=1S/C11H10N2O5/c1-2-18-11(15)8-4-3-7(6-14)9(5-12)10(8)13(16)17/h3-4,14H,2,6H2,1H3. The smallest absolute Gasteiger partial charge is 0.345 e. The lowest BCUT2D eigenvalue weighted by Crippen LogP contribution is -2.10. The lowest BCUT2D eigenvalue weighted by molar-refractivity contribution is -0.385. The monoisotopic (exact) mass is 250 g/mol. The zero-order chi connectivity index (χ0) is 13.7. The maximum absolute atomic E-state index is 11.5. The predicted molar refractivity (Wildman–Crippen MR) is 59.7 cm³/mol. The first-order valence-electron chi connectivity index (χ1n) is 5.05. The summed E-state index contributed by atoms with van der Waals surface area (Å²) in [7, 11) is 0. The van der Waals surface area contributed by atoms with E-state index >= 15 is 0 Å². The van der Waals surface area contributed by atoms with E-state index in [1.54, 1.807) is 13.0 Å². The second-order valence-corrected chi connectivity index (χ2v) is 3.24. The van der Waals surface area contributed by atoms with E-state index in [1.807, 2.05) is 0 Å². The molecule has 7 heteroatoms. The predicted octanol–water partition coefficient (Wildman–Crippen LogP) is 1.14. The van der Waals surface area contributed by atoms with E-state index in [0.29, 0.717) is 0 Å². The number of ether oxygens (including phenoxy) is 1. The molecule has 0 heterocycles. The molecule has 0 unspecified atom stereocenters. The third kappa shape index (κ3) is 2.44. The zero-order valence-electron chi connectivity index (χ0n) is 9.54. The Morgan fingerprint density at radius 3 is 2.72 bits per heavy atom. The van der Waals surface area contributed by atoms with Gasteiger partial charge < -0.3 is 9.84 Å². The van der Waals surface area contributed by atoms with Crippen LogP contribution in [0.25, 0.3) is 0 Å². The second-order valence-electron chi connectivity index (χ2n) is 3.24. The average Bonchev–Trinajstić information content (AvgIpc) is 2.36. The molecular weight excluding hydrogens is 240 g/mol. The number of nitriles is 1. The van der Waals surface area contributed by atoms with Crippen molar-refractivity contribution in [2.24, 2.45) is 0 Å². The number of hydrogen-bond acceptors (Lipinski definition) is 6. The minimum absolute atomic E-state index is 0.0691. The first-order valence-corrected chi connectivity index (χ1v) is 5.05. The van der Waals surface area contributed by atoms with Gasteiger partial charge in [-0.3, -0.25) is 10.1 Å². The summed E-state index contributed by atoms with van der Waals surface area (Å²) in [6.07, 6.45) is 0. The number of benzene rings is 1. The van der Waals surface area contributed by atoms with Crippen molar-refractivity contribution in [1.82, 2.24) is 0 Å². The Kier molecular flexibility index (Phi) is 4.34. The minimum atomic E-state index is -0.870. The third-order valence-corrected chi connectivity index (χ3v) is 2.22. The molecule has 1 aromatic carbocycles. The van der Waals surface area contributed by atoms with Crippen LogP contribution in [0, 0.1) is 21.4 Å². The second kappa shape index (κ2) is 5.75. The van der Waals surface area contributed by atoms with Crippen molar-refractivity contribution < 1.29 is 19.6 Å². The summed E-state index contributed by atoms with van der Waals surface area (Å²) in [4.78, 5) is 21.7. The Morgan fingerprint density at radius 2 is 2.28 bits per heavy atom. The van der Waals surface area contributed by atoms with Gasteiger partial charge in [0.05, 0.1) is 18.1 Å². The number of nitro groups is 1. The normalized spacial score (nSPS) is 9.61. The average molecular weight is 250 g/mol. The van der Waals surface area contributed by atoms with Crippen LogP contribution in [-0.4, -0.2) is 22.6 Å². The van der Waals surface area contributed by atoms with Gasteiger partial charge in [-0.1, -0.05) is 6.07 Å². The van der Waals surface area contributed by atoms with Crippen LogP contribution in [0.1, 0.15) is 28.4 Å². The molecule has 0 aromatic heterocycles. The zero-order valence-corrected chi connectivity index (χ0v) is 9.54. The highest BCUT2D eigenvalue weighted by Crippen LogP contribution is 2.27. The van der Waals surface area contributed by atoms with Gasteiger partial charge in [-0.15, -0.1) is 0 Å². The van der Waals surface area contributed by atoms with Crippen molar-refractivity contribution in [1.29, 1.82) is 5.26 Å². The fraction of sp³-hybridized carbons (Fsp3) is 0.273. The highest BCUT2D eigenvalue weighted by molar-refractivity contribution is 5.95. The van der Waals surface area contributed by atoms with E-state index < -0.39 is 23.2 Å². The molecule has 0 aliphatic heterocycles. The Balaban J connectivity index is 3.50. The fourth-order valence-corrected chi connectivity index (χ4v) is 1.45. The number of carbonyl (C=O) groups is 1. The summed E-state index contributed by atoms with van der Waals surface area (Å²) in [5.74, 6) is -0.870. The molecule has 1 N–H and O–H groups in total. The molecule has 0 spiro atoms. The van der Waals surface area contributed by atoms with Crippen molar-refractivity contribution in [3.63, 3.8) is 0 Å². The van der Waals surface area contributed by atoms with E-state index in [9.17, 15) is 14.9 Å². The van der Waals surface area contributed by atoms with Gasteiger partial charge in [0, 0.05) is 5.56 Å². The number of aliphatic hydroxyl groups is 1. The van der Waals surface area contributed by atoms with Gasteiger partial charge in [-0.25, -0.2) is 4.79 Å². The van der Waals surface area contributed by atoms with Crippen molar-refractivity contribution in [3.05, 3.63) is 38.9 Å². The molecule has 7 nitrogen and oxygen atoms in total. The molecular formula is C11H10N2O5. The lowest BCUT2D eigenvalue weighted by Gasteiger charge is -2.06. The quantitative estimate of drug-likeness (QED) is 0.486. The highest BCUT2D eigenvalue weighted by Gasteiger charge is 2.27. The fourth-order valence-electron chi connectivity index (χ4n) is 1.45. The van der Waals surface area contributed by atoms with Gasteiger partial charge >= 0.3 is 11.7 Å². The topological polar surface area (TPSA) is 113 Å². The SMILES string of the molecule is CCOC(=O)c1ccc(CO)c(C#N)c1[N+](=O)[O-]. The number of esters is 1. The van der Waals surface area contributed by atoms with Gasteiger partial charge in [0.15, 0.2) is 0 Å². The van der Waals surface area contributed by atoms with Crippen LogP contribution in [0.4, 0.5) is 5.69 Å². The van der Waals surface area contributed by atoms with Crippen molar-refractivity contribution in [3.8, 4) is 6.07 Å². The molecule has 1 aromatic rings. The van der Waals surface area contributed by atoms with Crippen molar-refractivity contribution >= 4 is 11.7 Å². The molecule has 1 rings (SSSR count). The molecule has 0 saturated heterocycles. The molecule has 0 bridgehead atoms. The number of hydrogen-bond donors (Lipinski definition) is 1. The van der Waals surface area contributed by atoms with E-state index in [2.05, 4.69) is 4.74 Å². The first kappa shape index (κ1) is 13.6. The Hall–Kier alpha value is -2.46. The highest BCUT2D eigenvalue weighted by atomic mass is 16.6. The number of aliphatic hydroxyl groups excluding tert-OH is 1. The van der Waals surface area contributed by atoms with Gasteiger partial charge in [0.2, 0.25) is 0 Å². The van der Waals surface area contributed by atoms with E-state index in [-0.39, 0.29) is 23.3 Å². The van der Waals surface area contributed by atoms with Gasteiger partial charge in [-0.05, 0) is 13.0 Å². The Labute approximate surface area is 102 Å². The number of carbonyl (C=O) groups excluding carboxylic acids is 1. The molecule has 0 saturated carbocycles. The maximum atomic E-state index is 11.5. The summed E-state index contributed by atoms with van der Waals surface area (Å²) in [5.41, 5.74) is -1.16. The van der Waals surface area contributed by atoms with E-state index in [1.165, 1.54) is 12.1 Å². The van der Waals surface area contributed by atoms with Crippen LogP contribution in [-0.2, 0) is 11.3 Å².